The molecule has 56 valence electrons. The average molecular weight is 141 g/mol. The summed E-state index contributed by atoms with van der Waals surface area (Å²) in [5.41, 5.74) is 5.23. The van der Waals surface area contributed by atoms with Crippen LogP contribution in [0.15, 0.2) is 24.3 Å². The van der Waals surface area contributed by atoms with Gasteiger partial charge >= 0.3 is 0 Å². The minimum absolute atomic E-state index is 0.340. The first-order valence-electron chi connectivity index (χ1n) is 2.86. The smallest absolute Gasteiger partial charge is 0.244 e. The molecule has 0 spiro atoms. The Bertz CT molecular complexity index is 172. The summed E-state index contributed by atoms with van der Waals surface area (Å²) in [5.74, 6) is -0.527. The number of aliphatic hydroxyl groups excluding tert-OH is 1. The molecular weight excluding hydrogens is 130 g/mol. The molecule has 0 fully saturated rings. The highest BCUT2D eigenvalue weighted by atomic mass is 16.3. The zero-order valence-corrected chi connectivity index (χ0v) is 5.87. The van der Waals surface area contributed by atoms with Crippen LogP contribution in [0.25, 0.3) is 0 Å². The molecule has 0 aromatic carbocycles. The Labute approximate surface area is 59.8 Å². The molecule has 0 aromatic rings. The number of carbonyl (C=O) groups is 1. The van der Waals surface area contributed by atoms with Crippen molar-refractivity contribution in [3.05, 3.63) is 24.3 Å². The summed E-state index contributed by atoms with van der Waals surface area (Å²) in [6.45, 7) is 4.86. The number of hydrogen-bond donors (Lipinski definition) is 2. The Kier molecular flexibility index (Phi) is 3.43. The number of rotatable bonds is 3. The third-order valence-electron chi connectivity index (χ3n) is 1.05. The van der Waals surface area contributed by atoms with Gasteiger partial charge in [-0.25, -0.2) is 0 Å². The summed E-state index contributed by atoms with van der Waals surface area (Å²) in [6.07, 6.45) is 1.87. The van der Waals surface area contributed by atoms with Crippen molar-refractivity contribution in [2.24, 2.45) is 5.73 Å². The van der Waals surface area contributed by atoms with Gasteiger partial charge < -0.3 is 10.8 Å². The van der Waals surface area contributed by atoms with Gasteiger partial charge in [0.15, 0.2) is 0 Å². The van der Waals surface area contributed by atoms with Crippen LogP contribution in [0.4, 0.5) is 0 Å². The van der Waals surface area contributed by atoms with Crippen molar-refractivity contribution in [1.29, 1.82) is 0 Å². The van der Waals surface area contributed by atoms with Crippen LogP contribution in [-0.4, -0.2) is 17.1 Å². The van der Waals surface area contributed by atoms with Crippen molar-refractivity contribution in [2.45, 2.75) is 13.0 Å². The van der Waals surface area contributed by atoms with E-state index < -0.39 is 12.0 Å². The summed E-state index contributed by atoms with van der Waals surface area (Å²) < 4.78 is 0. The minimum Gasteiger partial charge on any atom is -0.385 e. The molecule has 10 heavy (non-hydrogen) atoms. The molecule has 0 aliphatic heterocycles. The zero-order valence-electron chi connectivity index (χ0n) is 5.87. The van der Waals surface area contributed by atoms with Crippen LogP contribution in [0.1, 0.15) is 6.92 Å². The molecule has 1 atom stereocenters. The topological polar surface area (TPSA) is 63.3 Å². The van der Waals surface area contributed by atoms with E-state index in [9.17, 15) is 4.79 Å². The van der Waals surface area contributed by atoms with Gasteiger partial charge in [-0.3, -0.25) is 4.79 Å². The number of primary amides is 1. The van der Waals surface area contributed by atoms with Gasteiger partial charge in [0.2, 0.25) is 5.91 Å². The van der Waals surface area contributed by atoms with Crippen LogP contribution in [0.2, 0.25) is 0 Å². The standard InChI is InChI=1S/C7H11NO2/c1-3-6(9)4-5(2)7(8)10/h3-4,6,9H,1H2,2H3,(H2,8,10). The lowest BCUT2D eigenvalue weighted by Gasteiger charge is -1.97. The molecule has 0 aliphatic rings. The number of aliphatic hydroxyl groups is 1. The molecule has 3 nitrogen and oxygen atoms in total. The molecule has 0 aliphatic carbocycles. The summed E-state index contributed by atoms with van der Waals surface area (Å²) in [4.78, 5) is 10.4. The highest BCUT2D eigenvalue weighted by Gasteiger charge is 1.98. The van der Waals surface area contributed by atoms with E-state index in [1.807, 2.05) is 0 Å². The maximum Gasteiger partial charge on any atom is 0.244 e. The van der Waals surface area contributed by atoms with E-state index in [0.717, 1.165) is 0 Å². The molecule has 3 heteroatoms. The lowest BCUT2D eigenvalue weighted by molar-refractivity contribution is -0.114. The fourth-order valence-electron chi connectivity index (χ4n) is 0.406. The number of nitrogens with two attached hydrogens (primary N) is 1. The summed E-state index contributed by atoms with van der Waals surface area (Å²) in [6, 6.07) is 0. The first kappa shape index (κ1) is 8.91. The van der Waals surface area contributed by atoms with Crippen LogP contribution in [0, 0.1) is 0 Å². The van der Waals surface area contributed by atoms with Crippen LogP contribution >= 0.6 is 0 Å². The Morgan fingerprint density at radius 1 is 1.80 bits per heavy atom. The van der Waals surface area contributed by atoms with Gasteiger partial charge in [0.05, 0.1) is 6.10 Å². The Hall–Kier alpha value is -1.09. The first-order valence-corrected chi connectivity index (χ1v) is 2.86. The quantitative estimate of drug-likeness (QED) is 0.428. The number of amides is 1. The minimum atomic E-state index is -0.785. The maximum atomic E-state index is 10.4. The van der Waals surface area contributed by atoms with E-state index in [-0.39, 0.29) is 0 Å². The van der Waals surface area contributed by atoms with Crippen LogP contribution < -0.4 is 5.73 Å². The van der Waals surface area contributed by atoms with Crippen molar-refractivity contribution in [1.82, 2.24) is 0 Å². The molecule has 0 saturated heterocycles. The zero-order chi connectivity index (χ0) is 8.15. The van der Waals surface area contributed by atoms with E-state index in [2.05, 4.69) is 6.58 Å². The van der Waals surface area contributed by atoms with Crippen molar-refractivity contribution < 1.29 is 9.90 Å². The molecule has 1 unspecified atom stereocenters. The summed E-state index contributed by atoms with van der Waals surface area (Å²) in [7, 11) is 0. The first-order chi connectivity index (χ1) is 4.57. The van der Waals surface area contributed by atoms with Crippen LogP contribution in [-0.2, 0) is 4.79 Å². The van der Waals surface area contributed by atoms with Crippen molar-refractivity contribution >= 4 is 5.91 Å². The van der Waals surface area contributed by atoms with Crippen molar-refractivity contribution in [3.63, 3.8) is 0 Å². The van der Waals surface area contributed by atoms with Crippen molar-refractivity contribution in [2.75, 3.05) is 0 Å². The fourth-order valence-corrected chi connectivity index (χ4v) is 0.406. The predicted molar refractivity (Wildman–Crippen MR) is 39.2 cm³/mol. The third kappa shape index (κ3) is 3.04. The lowest BCUT2D eigenvalue weighted by atomic mass is 10.2. The molecule has 0 radical (unpaired) electrons. The predicted octanol–water partition coefficient (Wildman–Crippen LogP) is -0.0351. The monoisotopic (exact) mass is 141 g/mol. The van der Waals surface area contributed by atoms with E-state index in [0.29, 0.717) is 5.57 Å². The van der Waals surface area contributed by atoms with Crippen LogP contribution in [0.5, 0.6) is 0 Å². The fraction of sp³-hybridized carbons (Fsp3) is 0.286. The summed E-state index contributed by atoms with van der Waals surface area (Å²) in [5, 5.41) is 8.88. The molecule has 1 amide bonds. The van der Waals surface area contributed by atoms with Gasteiger partial charge in [-0.15, -0.1) is 6.58 Å². The van der Waals surface area contributed by atoms with E-state index in [1.165, 1.54) is 19.1 Å². The molecule has 0 bridgehead atoms. The molecule has 0 saturated carbocycles. The Morgan fingerprint density at radius 3 is 2.60 bits per heavy atom. The highest BCUT2D eigenvalue weighted by molar-refractivity contribution is 5.91. The van der Waals surface area contributed by atoms with Gasteiger partial charge in [-0.05, 0) is 13.0 Å². The molecule has 0 heterocycles. The third-order valence-corrected chi connectivity index (χ3v) is 1.05. The Morgan fingerprint density at radius 2 is 2.30 bits per heavy atom. The normalized spacial score (nSPS) is 14.4. The van der Waals surface area contributed by atoms with Crippen LogP contribution in [0.3, 0.4) is 0 Å². The molecule has 3 N–H and O–H groups in total. The van der Waals surface area contributed by atoms with E-state index in [1.54, 1.807) is 0 Å². The number of hydrogen-bond acceptors (Lipinski definition) is 2. The Balaban J connectivity index is 4.15. The average Bonchev–Trinajstić information content (AvgIpc) is 1.87. The van der Waals surface area contributed by atoms with Gasteiger partial charge in [0.1, 0.15) is 0 Å². The van der Waals surface area contributed by atoms with E-state index in [4.69, 9.17) is 10.8 Å². The second-order valence-electron chi connectivity index (χ2n) is 1.94. The van der Waals surface area contributed by atoms with Gasteiger partial charge in [0.25, 0.3) is 0 Å². The number of carbonyl (C=O) groups excluding carboxylic acids is 1. The largest absolute Gasteiger partial charge is 0.385 e. The second kappa shape index (κ2) is 3.85. The van der Waals surface area contributed by atoms with E-state index >= 15 is 0 Å². The highest BCUT2D eigenvalue weighted by Crippen LogP contribution is 1.94. The van der Waals surface area contributed by atoms with Crippen molar-refractivity contribution in [3.8, 4) is 0 Å². The molecule has 0 rings (SSSR count). The second-order valence-corrected chi connectivity index (χ2v) is 1.94. The van der Waals surface area contributed by atoms with Gasteiger partial charge in [-0.1, -0.05) is 6.08 Å². The SMILES string of the molecule is C=CC(O)C=C(C)C(N)=O. The maximum absolute atomic E-state index is 10.4. The summed E-state index contributed by atoms with van der Waals surface area (Å²) >= 11 is 0. The van der Waals surface area contributed by atoms with Gasteiger partial charge in [-0.2, -0.15) is 0 Å². The molecular formula is C7H11NO2. The molecule has 0 aromatic heterocycles. The lowest BCUT2D eigenvalue weighted by Crippen LogP contribution is -2.13. The van der Waals surface area contributed by atoms with Gasteiger partial charge in [0, 0.05) is 5.57 Å².